The lowest BCUT2D eigenvalue weighted by Gasteiger charge is -2.20. The Morgan fingerprint density at radius 2 is 2.06 bits per heavy atom. The SMILES string of the molecule is c1ccc2sc(SC3CCNCC3)nc2c1. The second-order valence-corrected chi connectivity index (χ2v) is 6.59. The fraction of sp³-hybridized carbons (Fsp3) is 0.417. The fourth-order valence-electron chi connectivity index (χ4n) is 1.96. The Morgan fingerprint density at radius 3 is 2.88 bits per heavy atom. The summed E-state index contributed by atoms with van der Waals surface area (Å²) in [6.45, 7) is 2.31. The third-order valence-corrected chi connectivity index (χ3v) is 5.30. The van der Waals surface area contributed by atoms with Crippen LogP contribution in [0, 0.1) is 0 Å². The number of thiazole rings is 1. The van der Waals surface area contributed by atoms with Crippen LogP contribution in [0.15, 0.2) is 28.6 Å². The average molecular weight is 250 g/mol. The molecule has 0 saturated carbocycles. The number of para-hydroxylation sites is 1. The van der Waals surface area contributed by atoms with Gasteiger partial charge in [-0.1, -0.05) is 23.9 Å². The highest BCUT2D eigenvalue weighted by Crippen LogP contribution is 2.34. The van der Waals surface area contributed by atoms with Gasteiger partial charge in [0.2, 0.25) is 0 Å². The molecule has 0 amide bonds. The van der Waals surface area contributed by atoms with Gasteiger partial charge >= 0.3 is 0 Å². The van der Waals surface area contributed by atoms with Crippen molar-refractivity contribution in [2.45, 2.75) is 22.4 Å². The van der Waals surface area contributed by atoms with Gasteiger partial charge in [-0.25, -0.2) is 4.98 Å². The lowest BCUT2D eigenvalue weighted by atomic mass is 10.2. The van der Waals surface area contributed by atoms with E-state index in [0.717, 1.165) is 23.9 Å². The maximum absolute atomic E-state index is 4.67. The first-order valence-electron chi connectivity index (χ1n) is 5.65. The number of nitrogens with zero attached hydrogens (tertiary/aromatic N) is 1. The van der Waals surface area contributed by atoms with Gasteiger partial charge in [0.15, 0.2) is 4.34 Å². The highest BCUT2D eigenvalue weighted by molar-refractivity contribution is 8.01. The van der Waals surface area contributed by atoms with Crippen LogP contribution in [0.2, 0.25) is 0 Å². The van der Waals surface area contributed by atoms with Crippen LogP contribution in [-0.2, 0) is 0 Å². The summed E-state index contributed by atoms with van der Waals surface area (Å²) in [6.07, 6.45) is 2.53. The van der Waals surface area contributed by atoms with Crippen molar-refractivity contribution in [2.24, 2.45) is 0 Å². The Morgan fingerprint density at radius 1 is 1.25 bits per heavy atom. The van der Waals surface area contributed by atoms with Gasteiger partial charge in [0.25, 0.3) is 0 Å². The highest BCUT2D eigenvalue weighted by Gasteiger charge is 2.16. The number of rotatable bonds is 2. The molecular weight excluding hydrogens is 236 g/mol. The van der Waals surface area contributed by atoms with Crippen molar-refractivity contribution in [2.75, 3.05) is 13.1 Å². The zero-order chi connectivity index (χ0) is 10.8. The van der Waals surface area contributed by atoms with Crippen LogP contribution in [-0.4, -0.2) is 23.3 Å². The summed E-state index contributed by atoms with van der Waals surface area (Å²) >= 11 is 3.78. The van der Waals surface area contributed by atoms with Gasteiger partial charge in [0.1, 0.15) is 0 Å². The third-order valence-electron chi connectivity index (χ3n) is 2.83. The Labute approximate surface area is 103 Å². The van der Waals surface area contributed by atoms with Crippen LogP contribution < -0.4 is 5.32 Å². The first kappa shape index (κ1) is 10.6. The van der Waals surface area contributed by atoms with Crippen molar-refractivity contribution in [3.8, 4) is 0 Å². The molecule has 1 N–H and O–H groups in total. The molecule has 2 nitrogen and oxygen atoms in total. The minimum absolute atomic E-state index is 0.752. The van der Waals surface area contributed by atoms with Crippen molar-refractivity contribution in [3.63, 3.8) is 0 Å². The predicted molar refractivity (Wildman–Crippen MR) is 71.4 cm³/mol. The summed E-state index contributed by atoms with van der Waals surface area (Å²) in [5, 5.41) is 4.15. The van der Waals surface area contributed by atoms with Crippen molar-refractivity contribution < 1.29 is 0 Å². The Kier molecular flexibility index (Phi) is 3.13. The molecule has 84 valence electrons. The minimum Gasteiger partial charge on any atom is -0.317 e. The zero-order valence-electron chi connectivity index (χ0n) is 8.98. The van der Waals surface area contributed by atoms with Crippen LogP contribution in [0.1, 0.15) is 12.8 Å². The lowest BCUT2D eigenvalue weighted by Crippen LogP contribution is -2.29. The van der Waals surface area contributed by atoms with Gasteiger partial charge in [-0.15, -0.1) is 11.3 Å². The smallest absolute Gasteiger partial charge is 0.151 e. The molecule has 1 aromatic heterocycles. The molecule has 16 heavy (non-hydrogen) atoms. The second-order valence-electron chi connectivity index (χ2n) is 4.01. The van der Waals surface area contributed by atoms with E-state index in [0.29, 0.717) is 0 Å². The normalized spacial score (nSPS) is 18.0. The van der Waals surface area contributed by atoms with Crippen LogP contribution in [0.3, 0.4) is 0 Å². The number of piperidine rings is 1. The maximum Gasteiger partial charge on any atom is 0.151 e. The van der Waals surface area contributed by atoms with Crippen LogP contribution in [0.5, 0.6) is 0 Å². The molecule has 3 rings (SSSR count). The van der Waals surface area contributed by atoms with E-state index in [1.807, 2.05) is 23.1 Å². The zero-order valence-corrected chi connectivity index (χ0v) is 10.6. The van der Waals surface area contributed by atoms with Gasteiger partial charge in [0.05, 0.1) is 10.2 Å². The van der Waals surface area contributed by atoms with E-state index in [1.54, 1.807) is 0 Å². The highest BCUT2D eigenvalue weighted by atomic mass is 32.2. The van der Waals surface area contributed by atoms with Gasteiger partial charge in [0, 0.05) is 5.25 Å². The third kappa shape index (κ3) is 2.24. The van der Waals surface area contributed by atoms with Crippen molar-refractivity contribution in [3.05, 3.63) is 24.3 Å². The number of benzene rings is 1. The van der Waals surface area contributed by atoms with Crippen LogP contribution in [0.4, 0.5) is 0 Å². The molecular formula is C12H14N2S2. The number of hydrogen-bond acceptors (Lipinski definition) is 4. The largest absolute Gasteiger partial charge is 0.317 e. The first-order valence-corrected chi connectivity index (χ1v) is 7.34. The number of thioether (sulfide) groups is 1. The number of hydrogen-bond donors (Lipinski definition) is 1. The van der Waals surface area contributed by atoms with Gasteiger partial charge in [-0.3, -0.25) is 0 Å². The average Bonchev–Trinajstić information content (AvgIpc) is 2.72. The molecule has 1 aliphatic heterocycles. The molecule has 0 aliphatic carbocycles. The number of aromatic nitrogens is 1. The summed E-state index contributed by atoms with van der Waals surface area (Å²) in [6, 6.07) is 8.39. The molecule has 4 heteroatoms. The molecule has 1 fully saturated rings. The van der Waals surface area contributed by atoms with Gasteiger partial charge < -0.3 is 5.32 Å². The topological polar surface area (TPSA) is 24.9 Å². The molecule has 1 aromatic carbocycles. The van der Waals surface area contributed by atoms with E-state index in [2.05, 4.69) is 34.6 Å². The second kappa shape index (κ2) is 4.73. The monoisotopic (exact) mass is 250 g/mol. The van der Waals surface area contributed by atoms with Crippen LogP contribution in [0.25, 0.3) is 10.2 Å². The summed E-state index contributed by atoms with van der Waals surface area (Å²) in [5.41, 5.74) is 1.14. The fourth-order valence-corrected chi connectivity index (χ4v) is 4.43. The Bertz CT molecular complexity index is 442. The molecule has 1 saturated heterocycles. The summed E-state index contributed by atoms with van der Waals surface area (Å²) in [4.78, 5) is 4.67. The van der Waals surface area contributed by atoms with Crippen molar-refractivity contribution in [1.82, 2.24) is 10.3 Å². The predicted octanol–water partition coefficient (Wildman–Crippen LogP) is 3.14. The van der Waals surface area contributed by atoms with Crippen molar-refractivity contribution in [1.29, 1.82) is 0 Å². The van der Waals surface area contributed by atoms with E-state index in [9.17, 15) is 0 Å². The molecule has 0 spiro atoms. The molecule has 0 unspecified atom stereocenters. The minimum atomic E-state index is 0.752. The van der Waals surface area contributed by atoms with Gasteiger partial charge in [-0.05, 0) is 38.1 Å². The molecule has 2 heterocycles. The molecule has 1 aliphatic rings. The van der Waals surface area contributed by atoms with Gasteiger partial charge in [-0.2, -0.15) is 0 Å². The Hall–Kier alpha value is -0.580. The number of fused-ring (bicyclic) bond motifs is 1. The first-order chi connectivity index (χ1) is 7.92. The quantitative estimate of drug-likeness (QED) is 0.886. The van der Waals surface area contributed by atoms with E-state index in [1.165, 1.54) is 21.9 Å². The Balaban J connectivity index is 1.78. The molecule has 0 bridgehead atoms. The maximum atomic E-state index is 4.67. The van der Waals surface area contributed by atoms with E-state index < -0.39 is 0 Å². The molecule has 2 aromatic rings. The van der Waals surface area contributed by atoms with Crippen LogP contribution >= 0.6 is 23.1 Å². The summed E-state index contributed by atoms with van der Waals surface area (Å²) < 4.78 is 2.53. The lowest BCUT2D eigenvalue weighted by molar-refractivity contribution is 0.531. The number of nitrogens with one attached hydrogen (secondary N) is 1. The standard InChI is InChI=1S/C12H14N2S2/c1-2-4-11-10(3-1)14-12(16-11)15-9-5-7-13-8-6-9/h1-4,9,13H,5-8H2. The summed E-state index contributed by atoms with van der Waals surface area (Å²) in [7, 11) is 0. The molecule has 0 radical (unpaired) electrons. The van der Waals surface area contributed by atoms with E-state index >= 15 is 0 Å². The van der Waals surface area contributed by atoms with E-state index in [-0.39, 0.29) is 0 Å². The van der Waals surface area contributed by atoms with Crippen molar-refractivity contribution >= 4 is 33.3 Å². The van der Waals surface area contributed by atoms with E-state index in [4.69, 9.17) is 0 Å². The molecule has 0 atom stereocenters. The summed E-state index contributed by atoms with van der Waals surface area (Å²) in [5.74, 6) is 0.